The molecule has 0 amide bonds. The molecule has 8 nitrogen and oxygen atoms in total. The van der Waals surface area contributed by atoms with E-state index in [2.05, 4.69) is 9.72 Å². The Labute approximate surface area is 242 Å². The third-order valence-corrected chi connectivity index (χ3v) is 7.16. The molecule has 8 heteroatoms. The summed E-state index contributed by atoms with van der Waals surface area (Å²) in [6.07, 6.45) is -0.139. The number of ketones is 2. The van der Waals surface area contributed by atoms with Crippen LogP contribution in [0.25, 0.3) is 32.6 Å². The molecule has 0 aliphatic rings. The average molecular weight is 563 g/mol. The van der Waals surface area contributed by atoms with Gasteiger partial charge in [-0.2, -0.15) is 0 Å². The van der Waals surface area contributed by atoms with Crippen molar-refractivity contribution in [1.82, 2.24) is 4.57 Å². The number of nitrogens with zero attached hydrogens (tertiary/aromatic N) is 2. The summed E-state index contributed by atoms with van der Waals surface area (Å²) >= 11 is 0. The van der Waals surface area contributed by atoms with Gasteiger partial charge in [-0.1, -0.05) is 47.6 Å². The van der Waals surface area contributed by atoms with Gasteiger partial charge in [-0.3, -0.25) is 14.4 Å². The van der Waals surface area contributed by atoms with Crippen LogP contribution in [0.15, 0.2) is 84.0 Å². The van der Waals surface area contributed by atoms with Gasteiger partial charge in [0, 0.05) is 58.4 Å². The molecule has 0 atom stereocenters. The summed E-state index contributed by atoms with van der Waals surface area (Å²) in [4.78, 5) is 55.4. The minimum Gasteiger partial charge on any atom is -0.466 e. The maximum absolute atomic E-state index is 13.7. The van der Waals surface area contributed by atoms with Crippen molar-refractivity contribution < 1.29 is 28.8 Å². The zero-order valence-electron chi connectivity index (χ0n) is 23.7. The molecular formula is C34H30N2O6. The molecule has 0 N–H and O–H groups in total. The molecule has 42 heavy (non-hydrogen) atoms. The van der Waals surface area contributed by atoms with Crippen LogP contribution in [0.5, 0.6) is 0 Å². The SMILES string of the molecule is CCOC(=O)CC/C(=N\OC(C)=O)C(=O)c1ccc2c(c1)c1cc(C(=O)c3cccc4ccccc34)ccc1n2CC. The predicted molar refractivity (Wildman–Crippen MR) is 162 cm³/mol. The van der Waals surface area contributed by atoms with Crippen LogP contribution < -0.4 is 0 Å². The molecule has 0 saturated heterocycles. The third kappa shape index (κ3) is 5.56. The second kappa shape index (κ2) is 12.2. The molecule has 5 rings (SSSR count). The van der Waals surface area contributed by atoms with Gasteiger partial charge >= 0.3 is 11.9 Å². The summed E-state index contributed by atoms with van der Waals surface area (Å²) < 4.78 is 7.09. The van der Waals surface area contributed by atoms with Crippen LogP contribution in [0.4, 0.5) is 0 Å². The number of hydrogen-bond donors (Lipinski definition) is 0. The van der Waals surface area contributed by atoms with Gasteiger partial charge < -0.3 is 14.1 Å². The highest BCUT2D eigenvalue weighted by atomic mass is 16.7. The van der Waals surface area contributed by atoms with E-state index in [-0.39, 0.29) is 30.9 Å². The normalized spacial score (nSPS) is 11.6. The number of benzene rings is 4. The van der Waals surface area contributed by atoms with Crippen LogP contribution in [0.2, 0.25) is 0 Å². The monoisotopic (exact) mass is 562 g/mol. The second-order valence-electron chi connectivity index (χ2n) is 9.82. The number of Topliss-reactive ketones (excluding diaryl/α,β-unsaturated/α-hetero) is 1. The molecule has 0 radical (unpaired) electrons. The van der Waals surface area contributed by atoms with Gasteiger partial charge in [-0.05, 0) is 61.0 Å². The lowest BCUT2D eigenvalue weighted by molar-refractivity contribution is -0.143. The summed E-state index contributed by atoms with van der Waals surface area (Å²) in [5.74, 6) is -1.72. The van der Waals surface area contributed by atoms with Crippen LogP contribution >= 0.6 is 0 Å². The van der Waals surface area contributed by atoms with Crippen molar-refractivity contribution in [2.45, 2.75) is 40.2 Å². The maximum Gasteiger partial charge on any atom is 0.331 e. The lowest BCUT2D eigenvalue weighted by atomic mass is 9.96. The van der Waals surface area contributed by atoms with Crippen molar-refractivity contribution in [3.05, 3.63) is 95.6 Å². The second-order valence-corrected chi connectivity index (χ2v) is 9.82. The summed E-state index contributed by atoms with van der Waals surface area (Å²) in [6, 6.07) is 24.4. The smallest absolute Gasteiger partial charge is 0.331 e. The predicted octanol–water partition coefficient (Wildman–Crippen LogP) is 6.64. The van der Waals surface area contributed by atoms with Crippen molar-refractivity contribution >= 4 is 61.8 Å². The van der Waals surface area contributed by atoms with Crippen LogP contribution in [-0.4, -0.2) is 40.4 Å². The van der Waals surface area contributed by atoms with Crippen LogP contribution in [-0.2, 0) is 25.7 Å². The van der Waals surface area contributed by atoms with Gasteiger partial charge in [0.05, 0.1) is 13.0 Å². The zero-order valence-corrected chi connectivity index (χ0v) is 23.7. The van der Waals surface area contributed by atoms with E-state index in [1.165, 1.54) is 6.92 Å². The van der Waals surface area contributed by atoms with Crippen molar-refractivity contribution in [3.8, 4) is 0 Å². The van der Waals surface area contributed by atoms with E-state index in [9.17, 15) is 19.2 Å². The van der Waals surface area contributed by atoms with E-state index in [0.717, 1.165) is 32.6 Å². The lowest BCUT2D eigenvalue weighted by Crippen LogP contribution is -2.18. The Morgan fingerprint density at radius 2 is 1.43 bits per heavy atom. The molecular weight excluding hydrogens is 532 g/mol. The Bertz CT molecular complexity index is 1890. The van der Waals surface area contributed by atoms with Gasteiger partial charge in [-0.25, -0.2) is 4.79 Å². The van der Waals surface area contributed by atoms with E-state index in [0.29, 0.717) is 23.2 Å². The number of oxime groups is 1. The molecule has 1 heterocycles. The number of aromatic nitrogens is 1. The van der Waals surface area contributed by atoms with Crippen molar-refractivity contribution in [2.75, 3.05) is 6.61 Å². The van der Waals surface area contributed by atoms with Crippen LogP contribution in [0.3, 0.4) is 0 Å². The van der Waals surface area contributed by atoms with Gasteiger partial charge in [0.2, 0.25) is 5.78 Å². The summed E-state index contributed by atoms with van der Waals surface area (Å²) in [6.45, 7) is 5.81. The summed E-state index contributed by atoms with van der Waals surface area (Å²) in [5.41, 5.74) is 3.25. The Morgan fingerprint density at radius 1 is 0.762 bits per heavy atom. The van der Waals surface area contributed by atoms with Crippen LogP contribution in [0.1, 0.15) is 59.9 Å². The van der Waals surface area contributed by atoms with E-state index < -0.39 is 17.7 Å². The van der Waals surface area contributed by atoms with Crippen LogP contribution in [0, 0.1) is 0 Å². The lowest BCUT2D eigenvalue weighted by Gasteiger charge is -2.07. The molecule has 0 unspecified atom stereocenters. The Kier molecular flexibility index (Phi) is 8.24. The third-order valence-electron chi connectivity index (χ3n) is 7.16. The summed E-state index contributed by atoms with van der Waals surface area (Å²) in [7, 11) is 0. The molecule has 0 aliphatic heterocycles. The molecule has 0 saturated carbocycles. The molecule has 5 aromatic rings. The quantitative estimate of drug-likeness (QED) is 0.0621. The number of carbonyl (C=O) groups excluding carboxylic acids is 4. The van der Waals surface area contributed by atoms with E-state index in [1.54, 1.807) is 19.1 Å². The number of fused-ring (bicyclic) bond motifs is 4. The van der Waals surface area contributed by atoms with E-state index in [4.69, 9.17) is 9.57 Å². The molecule has 0 spiro atoms. The largest absolute Gasteiger partial charge is 0.466 e. The highest BCUT2D eigenvalue weighted by molar-refractivity contribution is 6.46. The Hall–Kier alpha value is -5.11. The number of ether oxygens (including phenoxy) is 1. The number of hydrogen-bond acceptors (Lipinski definition) is 7. The fraction of sp³-hybridized carbons (Fsp3) is 0.206. The summed E-state index contributed by atoms with van der Waals surface area (Å²) in [5, 5.41) is 7.25. The first-order valence-corrected chi connectivity index (χ1v) is 13.9. The first kappa shape index (κ1) is 28.4. The number of carbonyl (C=O) groups is 4. The fourth-order valence-corrected chi connectivity index (χ4v) is 5.25. The highest BCUT2D eigenvalue weighted by Crippen LogP contribution is 2.32. The van der Waals surface area contributed by atoms with Gasteiger partial charge in [0.15, 0.2) is 5.78 Å². The number of rotatable bonds is 10. The van der Waals surface area contributed by atoms with E-state index in [1.807, 2.05) is 73.7 Å². The van der Waals surface area contributed by atoms with Gasteiger partial charge in [0.25, 0.3) is 0 Å². The molecule has 212 valence electrons. The molecule has 0 fully saturated rings. The maximum atomic E-state index is 13.7. The van der Waals surface area contributed by atoms with E-state index >= 15 is 0 Å². The zero-order chi connectivity index (χ0) is 29.8. The number of esters is 1. The topological polar surface area (TPSA) is 104 Å². The minimum absolute atomic E-state index is 0.0522. The first-order chi connectivity index (χ1) is 20.3. The number of aryl methyl sites for hydroxylation is 1. The van der Waals surface area contributed by atoms with Crippen molar-refractivity contribution in [3.63, 3.8) is 0 Å². The molecule has 1 aromatic heterocycles. The van der Waals surface area contributed by atoms with Crippen molar-refractivity contribution in [1.29, 1.82) is 0 Å². The standard InChI is InChI=1S/C34H30N2O6/c1-4-36-30-16-13-23(33(39)26-12-8-10-22-9-6-7-11-25(22)26)19-27(30)28-20-24(14-17-31(28)36)34(40)29(35-42-21(3)37)15-18-32(38)41-5-2/h6-14,16-17,19-20H,4-5,15,18H2,1-3H3/b35-29+. The van der Waals surface area contributed by atoms with Gasteiger partial charge in [-0.15, -0.1) is 0 Å². The van der Waals surface area contributed by atoms with Crippen molar-refractivity contribution in [2.24, 2.45) is 5.16 Å². The first-order valence-electron chi connectivity index (χ1n) is 13.9. The van der Waals surface area contributed by atoms with Gasteiger partial charge in [0.1, 0.15) is 5.71 Å². The fourth-order valence-electron chi connectivity index (χ4n) is 5.25. The average Bonchev–Trinajstić information content (AvgIpc) is 3.32. The Morgan fingerprint density at radius 3 is 2.12 bits per heavy atom. The Balaban J connectivity index is 1.58. The molecule has 0 aliphatic carbocycles. The minimum atomic E-state index is -0.679. The molecule has 0 bridgehead atoms. The molecule has 4 aromatic carbocycles. The highest BCUT2D eigenvalue weighted by Gasteiger charge is 2.21.